The fourth-order valence-electron chi connectivity index (χ4n) is 4.53. The van der Waals surface area contributed by atoms with Crippen molar-refractivity contribution in [3.05, 3.63) is 83.4 Å². The zero-order valence-electron chi connectivity index (χ0n) is 20.1. The number of carbonyl (C=O) groups excluding carboxylic acids is 1. The second-order valence-corrected chi connectivity index (χ2v) is 9.26. The van der Waals surface area contributed by atoms with Crippen LogP contribution in [-0.2, 0) is 12.8 Å². The number of carbonyl (C=O) groups is 1. The first kappa shape index (κ1) is 25.0. The molecule has 3 rings (SSSR count). The molecule has 33 heavy (non-hydrogen) atoms. The molecule has 5 heteroatoms. The molecule has 2 aromatic rings. The minimum absolute atomic E-state index is 0.113. The first-order valence-electron chi connectivity index (χ1n) is 12.1. The number of aliphatic hydroxyl groups is 2. The Morgan fingerprint density at radius 3 is 1.79 bits per heavy atom. The highest BCUT2D eigenvalue weighted by molar-refractivity contribution is 5.76. The van der Waals surface area contributed by atoms with Gasteiger partial charge in [0.1, 0.15) is 12.2 Å². The molecule has 1 heterocycles. The van der Waals surface area contributed by atoms with Crippen molar-refractivity contribution in [3.63, 3.8) is 0 Å². The van der Waals surface area contributed by atoms with E-state index in [-0.39, 0.29) is 6.03 Å². The van der Waals surface area contributed by atoms with Gasteiger partial charge in [0, 0.05) is 13.1 Å². The fourth-order valence-corrected chi connectivity index (χ4v) is 4.53. The third kappa shape index (κ3) is 6.46. The highest BCUT2D eigenvalue weighted by Crippen LogP contribution is 2.27. The standard InChI is InChI=1S/C28H38N2O3/c1-4-5-17-29-24(19-22-12-8-6-9-13-22)26(31)27(32)25(20-23-14-10-7-11-15-23)30(28(29)33)18-16-21(2)3/h6-16,24-27,31-32H,4-5,17-20H2,1-3H3/t24-,25-,26+,27+/m1/s1. The maximum atomic E-state index is 14.0. The maximum absolute atomic E-state index is 14.0. The number of hydrogen-bond donors (Lipinski definition) is 2. The summed E-state index contributed by atoms with van der Waals surface area (Å²) in [6, 6.07) is 18.7. The van der Waals surface area contributed by atoms with Crippen LogP contribution in [0.15, 0.2) is 72.3 Å². The predicted molar refractivity (Wildman–Crippen MR) is 133 cm³/mol. The molecule has 178 valence electrons. The van der Waals surface area contributed by atoms with Crippen LogP contribution in [0, 0.1) is 0 Å². The third-order valence-corrected chi connectivity index (χ3v) is 6.45. The number of allylic oxidation sites excluding steroid dienone is 1. The lowest BCUT2D eigenvalue weighted by atomic mass is 9.91. The number of nitrogens with zero attached hydrogens (tertiary/aromatic N) is 2. The number of hydrogen-bond acceptors (Lipinski definition) is 3. The van der Waals surface area contributed by atoms with Crippen LogP contribution in [-0.4, -0.2) is 63.4 Å². The molecule has 4 atom stereocenters. The van der Waals surface area contributed by atoms with Gasteiger partial charge in [0.2, 0.25) is 0 Å². The molecule has 1 saturated heterocycles. The normalized spacial score (nSPS) is 23.4. The number of amides is 2. The van der Waals surface area contributed by atoms with Crippen molar-refractivity contribution in [2.45, 2.75) is 70.7 Å². The van der Waals surface area contributed by atoms with Crippen LogP contribution in [0.1, 0.15) is 44.7 Å². The summed E-state index contributed by atoms with van der Waals surface area (Å²) in [5.74, 6) is 0. The molecule has 5 nitrogen and oxygen atoms in total. The van der Waals surface area contributed by atoms with Crippen molar-refractivity contribution in [2.75, 3.05) is 13.1 Å². The van der Waals surface area contributed by atoms with Gasteiger partial charge in [-0.25, -0.2) is 4.79 Å². The summed E-state index contributed by atoms with van der Waals surface area (Å²) in [7, 11) is 0. The van der Waals surface area contributed by atoms with Gasteiger partial charge in [0.05, 0.1) is 12.1 Å². The molecule has 0 unspecified atom stereocenters. The Balaban J connectivity index is 2.01. The highest BCUT2D eigenvalue weighted by Gasteiger charge is 2.45. The lowest BCUT2D eigenvalue weighted by Gasteiger charge is -2.35. The molecule has 2 aromatic carbocycles. The molecule has 0 spiro atoms. The van der Waals surface area contributed by atoms with Crippen molar-refractivity contribution in [1.29, 1.82) is 0 Å². The lowest BCUT2D eigenvalue weighted by molar-refractivity contribution is -0.0387. The summed E-state index contributed by atoms with van der Waals surface area (Å²) in [5, 5.41) is 22.9. The lowest BCUT2D eigenvalue weighted by Crippen LogP contribution is -2.51. The van der Waals surface area contributed by atoms with E-state index >= 15 is 0 Å². The maximum Gasteiger partial charge on any atom is 0.320 e. The van der Waals surface area contributed by atoms with Crippen molar-refractivity contribution >= 4 is 6.03 Å². The summed E-state index contributed by atoms with van der Waals surface area (Å²) in [6.07, 6.45) is 2.70. The van der Waals surface area contributed by atoms with Crippen LogP contribution in [0.2, 0.25) is 0 Å². The van der Waals surface area contributed by atoms with Crippen molar-refractivity contribution in [2.24, 2.45) is 0 Å². The molecule has 1 aliphatic heterocycles. The van der Waals surface area contributed by atoms with E-state index in [2.05, 4.69) is 6.92 Å². The SMILES string of the molecule is CCCCN1C(=O)N(CC=C(C)C)[C@H](Cc2ccccc2)[C@H](O)[C@@H](O)[C@H]1Cc1ccccc1. The van der Waals surface area contributed by atoms with E-state index in [0.29, 0.717) is 25.9 Å². The second kappa shape index (κ2) is 12.0. The summed E-state index contributed by atoms with van der Waals surface area (Å²) in [4.78, 5) is 17.5. The van der Waals surface area contributed by atoms with Gasteiger partial charge in [0.25, 0.3) is 0 Å². The second-order valence-electron chi connectivity index (χ2n) is 9.26. The fraction of sp³-hybridized carbons (Fsp3) is 0.464. The van der Waals surface area contributed by atoms with Crippen LogP contribution >= 0.6 is 0 Å². The molecule has 0 aromatic heterocycles. The van der Waals surface area contributed by atoms with Crippen LogP contribution in [0.25, 0.3) is 0 Å². The van der Waals surface area contributed by atoms with Crippen molar-refractivity contribution in [3.8, 4) is 0 Å². The third-order valence-electron chi connectivity index (χ3n) is 6.45. The number of unbranched alkanes of at least 4 members (excludes halogenated alkanes) is 1. The van der Waals surface area contributed by atoms with Gasteiger partial charge in [-0.2, -0.15) is 0 Å². The molecular formula is C28H38N2O3. The molecule has 1 aliphatic rings. The molecule has 0 saturated carbocycles. The van der Waals surface area contributed by atoms with Crippen LogP contribution in [0.4, 0.5) is 4.79 Å². The van der Waals surface area contributed by atoms with Crippen molar-refractivity contribution < 1.29 is 15.0 Å². The van der Waals surface area contributed by atoms with E-state index in [1.165, 1.54) is 0 Å². The molecule has 0 radical (unpaired) electrons. The summed E-state index contributed by atoms with van der Waals surface area (Å²) in [5.41, 5.74) is 3.19. The molecular weight excluding hydrogens is 412 g/mol. The van der Waals surface area contributed by atoms with E-state index in [4.69, 9.17) is 0 Å². The average Bonchev–Trinajstić information content (AvgIpc) is 2.88. The average molecular weight is 451 g/mol. The van der Waals surface area contributed by atoms with E-state index < -0.39 is 24.3 Å². The molecule has 2 amide bonds. The molecule has 2 N–H and O–H groups in total. The molecule has 1 fully saturated rings. The Kier molecular flexibility index (Phi) is 9.10. The minimum Gasteiger partial charge on any atom is -0.388 e. The van der Waals surface area contributed by atoms with Gasteiger partial charge >= 0.3 is 6.03 Å². The first-order valence-corrected chi connectivity index (χ1v) is 12.1. The van der Waals surface area contributed by atoms with Crippen LogP contribution in [0.3, 0.4) is 0 Å². The Morgan fingerprint density at radius 1 is 0.848 bits per heavy atom. The molecule has 0 aliphatic carbocycles. The van der Waals surface area contributed by atoms with Crippen LogP contribution < -0.4 is 0 Å². The molecule has 0 bridgehead atoms. The van der Waals surface area contributed by atoms with Gasteiger partial charge in [-0.15, -0.1) is 0 Å². The topological polar surface area (TPSA) is 64.0 Å². The zero-order valence-corrected chi connectivity index (χ0v) is 20.1. The Bertz CT molecular complexity index is 896. The van der Waals surface area contributed by atoms with Gasteiger partial charge in [-0.3, -0.25) is 0 Å². The minimum atomic E-state index is -1.06. The smallest absolute Gasteiger partial charge is 0.320 e. The highest BCUT2D eigenvalue weighted by atomic mass is 16.3. The number of benzene rings is 2. The van der Waals surface area contributed by atoms with E-state index in [9.17, 15) is 15.0 Å². The van der Waals surface area contributed by atoms with Gasteiger partial charge in [-0.05, 0) is 44.2 Å². The monoisotopic (exact) mass is 450 g/mol. The predicted octanol–water partition coefficient (Wildman–Crippen LogP) is 4.43. The van der Waals surface area contributed by atoms with Gasteiger partial charge in [-0.1, -0.05) is 85.7 Å². The van der Waals surface area contributed by atoms with E-state index in [1.54, 1.807) is 9.80 Å². The Labute approximate surface area is 198 Å². The quantitative estimate of drug-likeness (QED) is 0.556. The van der Waals surface area contributed by atoms with E-state index in [1.807, 2.05) is 80.6 Å². The first-order chi connectivity index (χ1) is 15.9. The number of urea groups is 1. The Morgan fingerprint density at radius 2 is 1.33 bits per heavy atom. The summed E-state index contributed by atoms with van der Waals surface area (Å²) < 4.78 is 0. The van der Waals surface area contributed by atoms with E-state index in [0.717, 1.165) is 29.5 Å². The summed E-state index contributed by atoms with van der Waals surface area (Å²) >= 11 is 0. The number of aliphatic hydroxyl groups excluding tert-OH is 2. The summed E-state index contributed by atoms with van der Waals surface area (Å²) in [6.45, 7) is 7.07. The van der Waals surface area contributed by atoms with Gasteiger partial charge < -0.3 is 20.0 Å². The largest absolute Gasteiger partial charge is 0.388 e. The zero-order chi connectivity index (χ0) is 23.8. The Hall–Kier alpha value is -2.63. The van der Waals surface area contributed by atoms with Crippen LogP contribution in [0.5, 0.6) is 0 Å². The number of rotatable bonds is 9. The van der Waals surface area contributed by atoms with Crippen molar-refractivity contribution in [1.82, 2.24) is 9.80 Å². The van der Waals surface area contributed by atoms with Gasteiger partial charge in [0.15, 0.2) is 0 Å².